The number of ether oxygens (including phenoxy) is 2. The second-order valence-electron chi connectivity index (χ2n) is 6.93. The summed E-state index contributed by atoms with van der Waals surface area (Å²) in [4.78, 5) is 12.2. The third kappa shape index (κ3) is 6.86. The second kappa shape index (κ2) is 10.6. The molecule has 0 saturated heterocycles. The van der Waals surface area contributed by atoms with E-state index in [1.165, 1.54) is 42.5 Å². The minimum atomic E-state index is -3.90. The van der Waals surface area contributed by atoms with Crippen LogP contribution in [0.5, 0.6) is 17.2 Å². The first-order valence-electron chi connectivity index (χ1n) is 9.53. The minimum Gasteiger partial charge on any atom is -0.453 e. The molecule has 0 fully saturated rings. The molecule has 0 aliphatic heterocycles. The predicted molar refractivity (Wildman–Crippen MR) is 119 cm³/mol. The van der Waals surface area contributed by atoms with Crippen molar-refractivity contribution < 1.29 is 35.9 Å². The molecule has 3 N–H and O–H groups in total. The largest absolute Gasteiger partial charge is 0.453 e. The summed E-state index contributed by atoms with van der Waals surface area (Å²) in [5.74, 6) is -2.70. The summed E-state index contributed by atoms with van der Waals surface area (Å²) < 4.78 is 72.5. The van der Waals surface area contributed by atoms with E-state index in [2.05, 4.69) is 10.1 Å². The van der Waals surface area contributed by atoms with Crippen molar-refractivity contribution in [2.75, 3.05) is 5.32 Å². The fourth-order valence-electron chi connectivity index (χ4n) is 2.89. The SMILES string of the molecule is N#Cc1cc(Oc2c(Cl)ccc(CC(=O)Nc3ccc(S(N)(=O)=O)cc3)c2F)cc(OC(F)F)c1. The number of nitrogens with one attached hydrogen (secondary N) is 1. The van der Waals surface area contributed by atoms with E-state index in [1.807, 2.05) is 0 Å². The van der Waals surface area contributed by atoms with E-state index < -0.39 is 40.5 Å². The lowest BCUT2D eigenvalue weighted by atomic mass is 10.1. The van der Waals surface area contributed by atoms with Gasteiger partial charge in [-0.3, -0.25) is 4.79 Å². The number of amides is 1. The van der Waals surface area contributed by atoms with Crippen molar-refractivity contribution in [1.82, 2.24) is 0 Å². The number of sulfonamides is 1. The average Bonchev–Trinajstić information content (AvgIpc) is 2.77. The standard InChI is InChI=1S/C22H15ClF3N3O5S/c23-18-6-1-13(9-19(30)29-14-2-4-17(5-3-14)35(28,31)32)20(24)21(18)33-15-7-12(11-27)8-16(10-15)34-22(25)26/h1-8,10,22H,9H2,(H,29,30)(H2,28,31,32). The summed E-state index contributed by atoms with van der Waals surface area (Å²) in [5.41, 5.74) is 0.0512. The van der Waals surface area contributed by atoms with Gasteiger partial charge in [0.1, 0.15) is 11.5 Å². The molecular formula is C22H15ClF3N3O5S. The molecule has 0 heterocycles. The molecule has 0 aliphatic rings. The van der Waals surface area contributed by atoms with Crippen molar-refractivity contribution in [3.8, 4) is 23.3 Å². The molecule has 0 bridgehead atoms. The summed E-state index contributed by atoms with van der Waals surface area (Å²) in [5, 5.41) is 16.4. The predicted octanol–water partition coefficient (Wildman–Crippen LogP) is 4.57. The van der Waals surface area contributed by atoms with E-state index in [0.29, 0.717) is 0 Å². The highest BCUT2D eigenvalue weighted by Gasteiger charge is 2.19. The number of nitrogens with zero attached hydrogens (tertiary/aromatic N) is 1. The van der Waals surface area contributed by atoms with Gasteiger partial charge in [-0.15, -0.1) is 0 Å². The fourth-order valence-corrected chi connectivity index (χ4v) is 3.59. The highest BCUT2D eigenvalue weighted by molar-refractivity contribution is 7.89. The number of benzene rings is 3. The highest BCUT2D eigenvalue weighted by Crippen LogP contribution is 2.36. The van der Waals surface area contributed by atoms with Gasteiger partial charge in [0.05, 0.1) is 28.0 Å². The van der Waals surface area contributed by atoms with Gasteiger partial charge >= 0.3 is 6.61 Å². The lowest BCUT2D eigenvalue weighted by Crippen LogP contribution is -2.16. The van der Waals surface area contributed by atoms with Crippen molar-refractivity contribution in [2.24, 2.45) is 5.14 Å². The van der Waals surface area contributed by atoms with Crippen LogP contribution in [-0.4, -0.2) is 20.9 Å². The molecule has 35 heavy (non-hydrogen) atoms. The van der Waals surface area contributed by atoms with Gasteiger partial charge in [0.2, 0.25) is 15.9 Å². The number of alkyl halides is 2. The number of nitrogens with two attached hydrogens (primary N) is 1. The number of hydrogen-bond acceptors (Lipinski definition) is 6. The molecular weight excluding hydrogens is 511 g/mol. The second-order valence-corrected chi connectivity index (χ2v) is 8.90. The van der Waals surface area contributed by atoms with Crippen LogP contribution in [0.3, 0.4) is 0 Å². The molecule has 13 heteroatoms. The van der Waals surface area contributed by atoms with Crippen LogP contribution < -0.4 is 19.9 Å². The maximum absolute atomic E-state index is 15.1. The number of nitriles is 1. The van der Waals surface area contributed by atoms with Crippen LogP contribution in [-0.2, 0) is 21.2 Å². The van der Waals surface area contributed by atoms with Gasteiger partial charge < -0.3 is 14.8 Å². The van der Waals surface area contributed by atoms with Gasteiger partial charge in [0.25, 0.3) is 0 Å². The Kier molecular flexibility index (Phi) is 7.85. The number of carbonyl (C=O) groups excluding carboxylic acids is 1. The summed E-state index contributed by atoms with van der Waals surface area (Å²) in [7, 11) is -3.90. The summed E-state index contributed by atoms with van der Waals surface area (Å²) in [6.07, 6.45) is -0.450. The van der Waals surface area contributed by atoms with E-state index in [4.69, 9.17) is 26.7 Å². The number of primary sulfonamides is 1. The van der Waals surface area contributed by atoms with Crippen LogP contribution in [0.15, 0.2) is 59.5 Å². The molecule has 0 unspecified atom stereocenters. The number of carbonyl (C=O) groups is 1. The van der Waals surface area contributed by atoms with Gasteiger partial charge in [-0.05, 0) is 42.5 Å². The van der Waals surface area contributed by atoms with E-state index in [1.54, 1.807) is 6.07 Å². The number of anilines is 1. The molecule has 8 nitrogen and oxygen atoms in total. The number of hydrogen-bond donors (Lipinski definition) is 2. The Balaban J connectivity index is 1.80. The Morgan fingerprint density at radius 2 is 1.77 bits per heavy atom. The quantitative estimate of drug-likeness (QED) is 0.443. The molecule has 0 saturated carbocycles. The Labute approximate surface area is 202 Å². The molecule has 0 atom stereocenters. The molecule has 182 valence electrons. The van der Waals surface area contributed by atoms with Crippen molar-refractivity contribution in [3.05, 3.63) is 76.6 Å². The first kappa shape index (κ1) is 25.8. The van der Waals surface area contributed by atoms with Crippen LogP contribution in [0, 0.1) is 17.1 Å². The van der Waals surface area contributed by atoms with E-state index in [9.17, 15) is 22.0 Å². The third-order valence-electron chi connectivity index (χ3n) is 4.40. The maximum atomic E-state index is 15.1. The zero-order valence-corrected chi connectivity index (χ0v) is 19.0. The van der Waals surface area contributed by atoms with Crippen LogP contribution in [0.2, 0.25) is 5.02 Å². The Morgan fingerprint density at radius 1 is 1.11 bits per heavy atom. The van der Waals surface area contributed by atoms with Crippen molar-refractivity contribution in [2.45, 2.75) is 17.9 Å². The summed E-state index contributed by atoms with van der Waals surface area (Å²) in [6, 6.07) is 12.5. The molecule has 3 aromatic rings. The molecule has 0 aliphatic carbocycles. The van der Waals surface area contributed by atoms with Crippen molar-refractivity contribution in [3.63, 3.8) is 0 Å². The summed E-state index contributed by atoms with van der Waals surface area (Å²) >= 11 is 6.03. The number of halogens is 4. The fraction of sp³-hybridized carbons (Fsp3) is 0.0909. The van der Waals surface area contributed by atoms with E-state index in [0.717, 1.165) is 12.1 Å². The number of rotatable bonds is 8. The lowest BCUT2D eigenvalue weighted by molar-refractivity contribution is -0.115. The van der Waals surface area contributed by atoms with Gasteiger partial charge in [-0.25, -0.2) is 17.9 Å². The first-order valence-corrected chi connectivity index (χ1v) is 11.5. The highest BCUT2D eigenvalue weighted by atomic mass is 35.5. The van der Waals surface area contributed by atoms with Gasteiger partial charge in [-0.2, -0.15) is 14.0 Å². The minimum absolute atomic E-state index is 0.0846. The molecule has 1 amide bonds. The molecule has 3 rings (SSSR count). The van der Waals surface area contributed by atoms with Crippen LogP contribution in [0.25, 0.3) is 0 Å². The van der Waals surface area contributed by atoms with Crippen molar-refractivity contribution in [1.29, 1.82) is 5.26 Å². The average molecular weight is 526 g/mol. The van der Waals surface area contributed by atoms with Crippen LogP contribution >= 0.6 is 11.6 Å². The third-order valence-corrected chi connectivity index (χ3v) is 5.63. The van der Waals surface area contributed by atoms with Gasteiger partial charge in [-0.1, -0.05) is 17.7 Å². The normalized spacial score (nSPS) is 11.1. The zero-order chi connectivity index (χ0) is 25.8. The first-order chi connectivity index (χ1) is 16.5. The van der Waals surface area contributed by atoms with Gasteiger partial charge in [0, 0.05) is 17.3 Å². The topological polar surface area (TPSA) is 132 Å². The molecule has 3 aromatic carbocycles. The van der Waals surface area contributed by atoms with E-state index >= 15 is 4.39 Å². The maximum Gasteiger partial charge on any atom is 0.387 e. The zero-order valence-electron chi connectivity index (χ0n) is 17.5. The Hall–Kier alpha value is -3.79. The Morgan fingerprint density at radius 3 is 2.37 bits per heavy atom. The van der Waals surface area contributed by atoms with Crippen LogP contribution in [0.4, 0.5) is 18.9 Å². The smallest absolute Gasteiger partial charge is 0.387 e. The monoisotopic (exact) mass is 525 g/mol. The molecule has 0 radical (unpaired) electrons. The summed E-state index contributed by atoms with van der Waals surface area (Å²) in [6.45, 7) is -3.16. The van der Waals surface area contributed by atoms with E-state index in [-0.39, 0.29) is 38.2 Å². The van der Waals surface area contributed by atoms with Crippen LogP contribution in [0.1, 0.15) is 11.1 Å². The molecule has 0 spiro atoms. The Bertz CT molecular complexity index is 1410. The lowest BCUT2D eigenvalue weighted by Gasteiger charge is -2.13. The van der Waals surface area contributed by atoms with Gasteiger partial charge in [0.15, 0.2) is 11.6 Å². The molecule has 0 aromatic heterocycles. The van der Waals surface area contributed by atoms with Crippen molar-refractivity contribution >= 4 is 33.2 Å².